The van der Waals surface area contributed by atoms with Gasteiger partial charge in [-0.05, 0) is 37.7 Å². The number of amides is 2. The minimum Gasteiger partial charge on any atom is -0.464 e. The minimum absolute atomic E-state index is 0.0290. The largest absolute Gasteiger partial charge is 0.464 e. The first-order valence-corrected chi connectivity index (χ1v) is 10.6. The first-order chi connectivity index (χ1) is 14.6. The Balaban J connectivity index is 1.91. The van der Waals surface area contributed by atoms with E-state index in [1.807, 2.05) is 42.5 Å². The molecule has 7 nitrogen and oxygen atoms in total. The summed E-state index contributed by atoms with van der Waals surface area (Å²) in [6, 6.07) is 9.21. The van der Waals surface area contributed by atoms with E-state index in [0.717, 1.165) is 24.8 Å². The zero-order chi connectivity index (χ0) is 21.6. The molecule has 0 bridgehead atoms. The molecule has 0 saturated heterocycles. The molecule has 1 aromatic rings. The monoisotopic (exact) mass is 416 g/mol. The predicted molar refractivity (Wildman–Crippen MR) is 113 cm³/mol. The molecule has 3 N–H and O–H groups in total. The van der Waals surface area contributed by atoms with Gasteiger partial charge in [-0.25, -0.2) is 0 Å². The number of carbonyl (C=O) groups excluding carboxylic acids is 3. The Labute approximate surface area is 177 Å². The van der Waals surface area contributed by atoms with Gasteiger partial charge >= 0.3 is 5.97 Å². The van der Waals surface area contributed by atoms with Gasteiger partial charge in [0.1, 0.15) is 6.61 Å². The van der Waals surface area contributed by atoms with Gasteiger partial charge in [0.2, 0.25) is 11.8 Å². The fraction of sp³-hybridized carbons (Fsp3) is 0.522. The minimum atomic E-state index is -0.518. The first kappa shape index (κ1) is 23.6. The van der Waals surface area contributed by atoms with Crippen LogP contribution >= 0.6 is 0 Å². The third-order valence-electron chi connectivity index (χ3n) is 4.97. The molecular formula is C23H32N2O5. The highest BCUT2D eigenvalue weighted by Gasteiger charge is 2.22. The van der Waals surface area contributed by atoms with E-state index >= 15 is 0 Å². The number of hydrogen-bond donors (Lipinski definition) is 3. The molecule has 0 aliphatic carbocycles. The van der Waals surface area contributed by atoms with Crippen molar-refractivity contribution in [3.05, 3.63) is 48.0 Å². The van der Waals surface area contributed by atoms with Gasteiger partial charge in [-0.15, -0.1) is 0 Å². The number of ether oxygens (including phenoxy) is 1. The second kappa shape index (κ2) is 13.5. The van der Waals surface area contributed by atoms with Crippen LogP contribution in [-0.2, 0) is 25.5 Å². The standard InChI is InChI=1S/C23H32N2O5/c26-17-20(15-18-9-5-4-6-10-18)25-21(27)16-19-11-7-2-1-3-8-12-22(28)30-14-13-24-23(19)29/h2,4-7,9-10,19-20,26H,1,3,8,11-17H2,(H,24,29)(H,25,27)/t19-,20+/m1/s1. The summed E-state index contributed by atoms with van der Waals surface area (Å²) in [5.41, 5.74) is 1.02. The number of nitrogens with one attached hydrogen (secondary N) is 2. The number of benzene rings is 1. The molecule has 2 amide bonds. The Hall–Kier alpha value is -2.67. The molecule has 1 aliphatic rings. The highest BCUT2D eigenvalue weighted by Crippen LogP contribution is 2.13. The van der Waals surface area contributed by atoms with Crippen molar-refractivity contribution in [3.8, 4) is 0 Å². The van der Waals surface area contributed by atoms with Crippen molar-refractivity contribution in [1.29, 1.82) is 0 Å². The van der Waals surface area contributed by atoms with Crippen LogP contribution in [0, 0.1) is 5.92 Å². The van der Waals surface area contributed by atoms with Gasteiger partial charge in [0.15, 0.2) is 0 Å². The number of aliphatic hydroxyl groups excluding tert-OH is 1. The molecule has 0 unspecified atom stereocenters. The molecule has 1 heterocycles. The Morgan fingerprint density at radius 2 is 2.00 bits per heavy atom. The normalized spacial score (nSPS) is 19.8. The topological polar surface area (TPSA) is 105 Å². The van der Waals surface area contributed by atoms with E-state index in [1.54, 1.807) is 0 Å². The van der Waals surface area contributed by atoms with Crippen LogP contribution < -0.4 is 10.6 Å². The maximum Gasteiger partial charge on any atom is 0.305 e. The van der Waals surface area contributed by atoms with Gasteiger partial charge < -0.3 is 20.5 Å². The molecule has 0 aromatic heterocycles. The molecule has 2 rings (SSSR count). The van der Waals surface area contributed by atoms with Crippen molar-refractivity contribution in [1.82, 2.24) is 10.6 Å². The van der Waals surface area contributed by atoms with Crippen molar-refractivity contribution in [2.75, 3.05) is 19.8 Å². The van der Waals surface area contributed by atoms with Crippen LogP contribution in [0.3, 0.4) is 0 Å². The molecule has 0 saturated carbocycles. The average Bonchev–Trinajstić information content (AvgIpc) is 2.74. The Morgan fingerprint density at radius 3 is 2.77 bits per heavy atom. The molecule has 1 aliphatic heterocycles. The van der Waals surface area contributed by atoms with Crippen LogP contribution in [0.1, 0.15) is 44.1 Å². The molecular weight excluding hydrogens is 384 g/mol. The molecule has 0 fully saturated rings. The Bertz CT molecular complexity index is 705. The number of rotatable bonds is 6. The number of aliphatic hydroxyl groups is 1. The highest BCUT2D eigenvalue weighted by atomic mass is 16.5. The average molecular weight is 417 g/mol. The zero-order valence-corrected chi connectivity index (χ0v) is 17.3. The van der Waals surface area contributed by atoms with E-state index in [4.69, 9.17) is 4.74 Å². The second-order valence-corrected chi connectivity index (χ2v) is 7.50. The molecule has 30 heavy (non-hydrogen) atoms. The summed E-state index contributed by atoms with van der Waals surface area (Å²) in [4.78, 5) is 36.7. The second-order valence-electron chi connectivity index (χ2n) is 7.50. The summed E-state index contributed by atoms with van der Waals surface area (Å²) < 4.78 is 5.10. The zero-order valence-electron chi connectivity index (χ0n) is 17.3. The van der Waals surface area contributed by atoms with Crippen molar-refractivity contribution >= 4 is 17.8 Å². The van der Waals surface area contributed by atoms with Gasteiger partial charge in [0, 0.05) is 12.8 Å². The summed E-state index contributed by atoms with van der Waals surface area (Å²) in [5, 5.41) is 15.2. The third-order valence-corrected chi connectivity index (χ3v) is 4.97. The van der Waals surface area contributed by atoms with Crippen LogP contribution in [0.4, 0.5) is 0 Å². The van der Waals surface area contributed by atoms with Crippen LogP contribution in [0.5, 0.6) is 0 Å². The number of allylic oxidation sites excluding steroid dienone is 2. The van der Waals surface area contributed by atoms with Crippen molar-refractivity contribution in [2.45, 2.75) is 51.0 Å². The van der Waals surface area contributed by atoms with E-state index in [9.17, 15) is 19.5 Å². The van der Waals surface area contributed by atoms with Crippen LogP contribution in [0.2, 0.25) is 0 Å². The number of carbonyl (C=O) groups is 3. The molecule has 1 aromatic carbocycles. The van der Waals surface area contributed by atoms with Gasteiger partial charge in [0.05, 0.1) is 25.1 Å². The van der Waals surface area contributed by atoms with Gasteiger partial charge in [-0.1, -0.05) is 42.5 Å². The molecule has 164 valence electrons. The number of hydrogen-bond acceptors (Lipinski definition) is 5. The molecule has 2 atom stereocenters. The summed E-state index contributed by atoms with van der Waals surface area (Å²) in [6.07, 6.45) is 7.77. The lowest BCUT2D eigenvalue weighted by molar-refractivity contribution is -0.144. The molecule has 0 radical (unpaired) electrons. The predicted octanol–water partition coefficient (Wildman–Crippen LogP) is 1.89. The maximum atomic E-state index is 12.5. The summed E-state index contributed by atoms with van der Waals surface area (Å²) in [7, 11) is 0. The Kier molecular flexibility index (Phi) is 10.7. The van der Waals surface area contributed by atoms with Gasteiger partial charge in [-0.2, -0.15) is 0 Å². The van der Waals surface area contributed by atoms with Crippen molar-refractivity contribution in [3.63, 3.8) is 0 Å². The fourth-order valence-corrected chi connectivity index (χ4v) is 3.32. The van der Waals surface area contributed by atoms with Gasteiger partial charge in [-0.3, -0.25) is 14.4 Å². The van der Waals surface area contributed by atoms with E-state index in [1.165, 1.54) is 0 Å². The van der Waals surface area contributed by atoms with E-state index in [-0.39, 0.29) is 44.0 Å². The summed E-state index contributed by atoms with van der Waals surface area (Å²) >= 11 is 0. The van der Waals surface area contributed by atoms with Crippen LogP contribution in [0.25, 0.3) is 0 Å². The van der Waals surface area contributed by atoms with Crippen molar-refractivity contribution < 1.29 is 24.2 Å². The smallest absolute Gasteiger partial charge is 0.305 e. The van der Waals surface area contributed by atoms with Crippen molar-refractivity contribution in [2.24, 2.45) is 5.92 Å². The van der Waals surface area contributed by atoms with E-state index < -0.39 is 12.0 Å². The third kappa shape index (κ3) is 9.22. The Morgan fingerprint density at radius 1 is 1.20 bits per heavy atom. The van der Waals surface area contributed by atoms with Gasteiger partial charge in [0.25, 0.3) is 0 Å². The number of esters is 1. The lowest BCUT2D eigenvalue weighted by atomic mass is 9.98. The highest BCUT2D eigenvalue weighted by molar-refractivity contribution is 5.86. The van der Waals surface area contributed by atoms with Crippen LogP contribution in [-0.4, -0.2) is 48.7 Å². The first-order valence-electron chi connectivity index (χ1n) is 10.6. The summed E-state index contributed by atoms with van der Waals surface area (Å²) in [5.74, 6) is -1.29. The van der Waals surface area contributed by atoms with Crippen LogP contribution in [0.15, 0.2) is 42.5 Å². The molecule has 7 heteroatoms. The molecule has 0 spiro atoms. The lowest BCUT2D eigenvalue weighted by Gasteiger charge is -2.19. The maximum absolute atomic E-state index is 12.5. The SMILES string of the molecule is O=C(C[C@H]1CC=CCCCCC(=O)OCCNC1=O)N[C@H](CO)Cc1ccccc1. The lowest BCUT2D eigenvalue weighted by Crippen LogP contribution is -2.42. The van der Waals surface area contributed by atoms with E-state index in [0.29, 0.717) is 19.3 Å². The number of cyclic esters (lactones) is 1. The fourth-order valence-electron chi connectivity index (χ4n) is 3.32. The van der Waals surface area contributed by atoms with E-state index in [2.05, 4.69) is 10.6 Å². The summed E-state index contributed by atoms with van der Waals surface area (Å²) in [6.45, 7) is 0.172. The quantitative estimate of drug-likeness (QED) is 0.485.